The summed E-state index contributed by atoms with van der Waals surface area (Å²) in [6, 6.07) is 8.71. The van der Waals surface area contributed by atoms with Crippen LogP contribution in [0.5, 0.6) is 5.75 Å². The number of ether oxygens (including phenoxy) is 1. The van der Waals surface area contributed by atoms with Crippen LogP contribution in [-0.2, 0) is 0 Å². The lowest BCUT2D eigenvalue weighted by Gasteiger charge is -2.06. The Kier molecular flexibility index (Phi) is 3.62. The molecule has 1 aromatic heterocycles. The molecule has 0 radical (unpaired) electrons. The van der Waals surface area contributed by atoms with Crippen molar-refractivity contribution >= 4 is 26.9 Å². The van der Waals surface area contributed by atoms with Gasteiger partial charge < -0.3 is 9.15 Å². The lowest BCUT2D eigenvalue weighted by atomic mass is 10.2. The summed E-state index contributed by atoms with van der Waals surface area (Å²) >= 11 is 3.33. The van der Waals surface area contributed by atoms with Crippen LogP contribution in [0.25, 0.3) is 11.0 Å². The first-order valence-corrected chi connectivity index (χ1v) is 6.15. The van der Waals surface area contributed by atoms with Crippen LogP contribution >= 0.6 is 15.9 Å². The maximum absolute atomic E-state index is 11.1. The number of rotatable bonds is 4. The average molecular weight is 283 g/mol. The van der Waals surface area contributed by atoms with Gasteiger partial charge in [-0.05, 0) is 18.6 Å². The quantitative estimate of drug-likeness (QED) is 0.492. The molecule has 16 heavy (non-hydrogen) atoms. The smallest absolute Gasteiger partial charge is 0.336 e. The van der Waals surface area contributed by atoms with Gasteiger partial charge in [-0.15, -0.1) is 0 Å². The van der Waals surface area contributed by atoms with Crippen molar-refractivity contribution in [2.45, 2.75) is 6.42 Å². The van der Waals surface area contributed by atoms with Crippen LogP contribution in [-0.4, -0.2) is 11.9 Å². The van der Waals surface area contributed by atoms with Crippen molar-refractivity contribution in [1.82, 2.24) is 0 Å². The second-order valence-corrected chi connectivity index (χ2v) is 4.11. The summed E-state index contributed by atoms with van der Waals surface area (Å²) in [5, 5.41) is 1.76. The van der Waals surface area contributed by atoms with Gasteiger partial charge in [0.15, 0.2) is 11.3 Å². The number of para-hydroxylation sites is 1. The van der Waals surface area contributed by atoms with Gasteiger partial charge in [-0.3, -0.25) is 0 Å². The molecule has 0 N–H and O–H groups in total. The summed E-state index contributed by atoms with van der Waals surface area (Å²) in [4.78, 5) is 11.1. The molecule has 0 atom stereocenters. The van der Waals surface area contributed by atoms with E-state index in [9.17, 15) is 4.79 Å². The van der Waals surface area contributed by atoms with Crippen molar-refractivity contribution in [3.63, 3.8) is 0 Å². The molecule has 0 spiro atoms. The Bertz CT molecular complexity index is 533. The summed E-state index contributed by atoms with van der Waals surface area (Å²) in [6.45, 7) is 0.600. The van der Waals surface area contributed by atoms with E-state index in [1.54, 1.807) is 12.1 Å². The Hall–Kier alpha value is -1.29. The molecule has 84 valence electrons. The lowest BCUT2D eigenvalue weighted by Crippen LogP contribution is -2.00. The van der Waals surface area contributed by atoms with Crippen molar-refractivity contribution in [3.05, 3.63) is 40.8 Å². The van der Waals surface area contributed by atoms with Crippen LogP contribution < -0.4 is 10.4 Å². The van der Waals surface area contributed by atoms with Gasteiger partial charge in [-0.1, -0.05) is 28.1 Å². The molecule has 0 amide bonds. The maximum Gasteiger partial charge on any atom is 0.336 e. The van der Waals surface area contributed by atoms with E-state index in [1.807, 2.05) is 12.1 Å². The molecule has 0 aliphatic carbocycles. The van der Waals surface area contributed by atoms with Crippen LogP contribution in [0.15, 0.2) is 39.5 Å². The van der Waals surface area contributed by atoms with Crippen LogP contribution in [0.2, 0.25) is 0 Å². The summed E-state index contributed by atoms with van der Waals surface area (Å²) in [5.41, 5.74) is 0.161. The first-order chi connectivity index (χ1) is 7.81. The molecule has 2 rings (SSSR count). The second-order valence-electron chi connectivity index (χ2n) is 3.32. The number of halogens is 1. The Labute approximate surface area is 101 Å². The third-order valence-corrected chi connectivity index (χ3v) is 2.71. The van der Waals surface area contributed by atoms with Gasteiger partial charge in [-0.25, -0.2) is 4.79 Å². The second kappa shape index (κ2) is 5.16. The highest BCUT2D eigenvalue weighted by Gasteiger charge is 2.04. The fourth-order valence-corrected chi connectivity index (χ4v) is 1.64. The van der Waals surface area contributed by atoms with Gasteiger partial charge >= 0.3 is 5.63 Å². The zero-order valence-electron chi connectivity index (χ0n) is 8.61. The van der Waals surface area contributed by atoms with Crippen LogP contribution in [0.1, 0.15) is 6.42 Å². The van der Waals surface area contributed by atoms with E-state index in [0.717, 1.165) is 17.1 Å². The minimum Gasteiger partial charge on any atom is -0.490 e. The van der Waals surface area contributed by atoms with Crippen molar-refractivity contribution in [3.8, 4) is 5.75 Å². The number of hydrogen-bond donors (Lipinski definition) is 0. The molecule has 0 saturated carbocycles. The normalized spacial score (nSPS) is 10.6. The van der Waals surface area contributed by atoms with Gasteiger partial charge in [0.25, 0.3) is 0 Å². The molecule has 0 unspecified atom stereocenters. The van der Waals surface area contributed by atoms with E-state index in [2.05, 4.69) is 15.9 Å². The fourth-order valence-electron chi connectivity index (χ4n) is 1.42. The zero-order chi connectivity index (χ0) is 11.4. The molecule has 4 heteroatoms. The van der Waals surface area contributed by atoms with Crippen LogP contribution in [0, 0.1) is 0 Å². The van der Waals surface area contributed by atoms with Crippen molar-refractivity contribution < 1.29 is 9.15 Å². The molecular weight excluding hydrogens is 272 g/mol. The van der Waals surface area contributed by atoms with Crippen LogP contribution in [0.3, 0.4) is 0 Å². The van der Waals surface area contributed by atoms with Crippen molar-refractivity contribution in [2.75, 3.05) is 11.9 Å². The summed E-state index contributed by atoms with van der Waals surface area (Å²) in [7, 11) is 0. The van der Waals surface area contributed by atoms with Gasteiger partial charge in [0, 0.05) is 16.8 Å². The van der Waals surface area contributed by atoms with E-state index in [0.29, 0.717) is 17.9 Å². The highest BCUT2D eigenvalue weighted by molar-refractivity contribution is 9.09. The minimum atomic E-state index is -0.357. The van der Waals surface area contributed by atoms with Crippen molar-refractivity contribution in [1.29, 1.82) is 0 Å². The highest BCUT2D eigenvalue weighted by atomic mass is 79.9. The molecule has 2 aromatic rings. The molecule has 0 aliphatic heterocycles. The molecule has 0 fully saturated rings. The topological polar surface area (TPSA) is 39.4 Å². The molecule has 3 nitrogen and oxygen atoms in total. The number of benzene rings is 1. The first kappa shape index (κ1) is 11.2. The molecule has 1 aromatic carbocycles. The predicted molar refractivity (Wildman–Crippen MR) is 66.4 cm³/mol. The Balaban J connectivity index is 2.36. The maximum atomic E-state index is 11.1. The third-order valence-electron chi connectivity index (χ3n) is 2.15. The Morgan fingerprint density at radius 2 is 2.12 bits per heavy atom. The fraction of sp³-hybridized carbons (Fsp3) is 0.250. The number of hydrogen-bond acceptors (Lipinski definition) is 3. The number of alkyl halides is 1. The minimum absolute atomic E-state index is 0.357. The average Bonchev–Trinajstić information content (AvgIpc) is 2.30. The summed E-state index contributed by atoms with van der Waals surface area (Å²) in [6.07, 6.45) is 0.910. The lowest BCUT2D eigenvalue weighted by molar-refractivity contribution is 0.316. The van der Waals surface area contributed by atoms with E-state index in [-0.39, 0.29) is 5.63 Å². The number of fused-ring (bicyclic) bond motifs is 1. The van der Waals surface area contributed by atoms with Gasteiger partial charge in [0.2, 0.25) is 0 Å². The molecule has 0 bridgehead atoms. The Morgan fingerprint density at radius 1 is 1.25 bits per heavy atom. The molecular formula is C12H11BrO3. The molecule has 0 saturated heterocycles. The Morgan fingerprint density at radius 3 is 2.94 bits per heavy atom. The van der Waals surface area contributed by atoms with E-state index < -0.39 is 0 Å². The SMILES string of the molecule is O=c1ccc2cccc(OCCCBr)c2o1. The van der Waals surface area contributed by atoms with E-state index in [1.165, 1.54) is 6.07 Å². The molecule has 0 aliphatic rings. The molecule has 1 heterocycles. The highest BCUT2D eigenvalue weighted by Crippen LogP contribution is 2.23. The standard InChI is InChI=1S/C12H11BrO3/c13-7-2-8-15-10-4-1-3-9-5-6-11(14)16-12(9)10/h1,3-6H,2,7-8H2. The van der Waals surface area contributed by atoms with E-state index in [4.69, 9.17) is 9.15 Å². The van der Waals surface area contributed by atoms with Crippen molar-refractivity contribution in [2.24, 2.45) is 0 Å². The third kappa shape index (κ3) is 2.44. The van der Waals surface area contributed by atoms with E-state index >= 15 is 0 Å². The monoisotopic (exact) mass is 282 g/mol. The van der Waals surface area contributed by atoms with Gasteiger partial charge in [0.05, 0.1) is 6.61 Å². The predicted octanol–water partition coefficient (Wildman–Crippen LogP) is 2.96. The largest absolute Gasteiger partial charge is 0.490 e. The summed E-state index contributed by atoms with van der Waals surface area (Å²) < 4.78 is 10.7. The van der Waals surface area contributed by atoms with Crippen LogP contribution in [0.4, 0.5) is 0 Å². The van der Waals surface area contributed by atoms with Gasteiger partial charge in [0.1, 0.15) is 0 Å². The summed E-state index contributed by atoms with van der Waals surface area (Å²) in [5.74, 6) is 0.621. The first-order valence-electron chi connectivity index (χ1n) is 5.03. The van der Waals surface area contributed by atoms with Gasteiger partial charge in [-0.2, -0.15) is 0 Å². The zero-order valence-corrected chi connectivity index (χ0v) is 10.2.